The van der Waals surface area contributed by atoms with E-state index in [1.165, 1.54) is 6.39 Å². The van der Waals surface area contributed by atoms with E-state index in [9.17, 15) is 9.59 Å². The molecule has 1 saturated heterocycles. The number of benzene rings is 1. The number of nitrogens with zero attached hydrogens (tertiary/aromatic N) is 3. The molecule has 3 amide bonds. The predicted octanol–water partition coefficient (Wildman–Crippen LogP) is 3.45. The van der Waals surface area contributed by atoms with E-state index in [-0.39, 0.29) is 23.4 Å². The topological polar surface area (TPSA) is 78.7 Å². The molecule has 1 unspecified atom stereocenters. The van der Waals surface area contributed by atoms with Gasteiger partial charge in [0.15, 0.2) is 12.2 Å². The van der Waals surface area contributed by atoms with Gasteiger partial charge in [0, 0.05) is 49.3 Å². The molecule has 2 aromatic rings. The first-order chi connectivity index (χ1) is 12.7. The molecule has 0 bridgehead atoms. The van der Waals surface area contributed by atoms with Crippen LogP contribution in [-0.4, -0.2) is 52.4 Å². The van der Waals surface area contributed by atoms with Crippen molar-refractivity contribution < 1.29 is 14.0 Å². The Hall–Kier alpha value is -2.83. The summed E-state index contributed by atoms with van der Waals surface area (Å²) in [5.74, 6) is 0.945. The number of urea groups is 1. The molecule has 1 aromatic carbocycles. The summed E-state index contributed by atoms with van der Waals surface area (Å²) in [6.45, 7) is 7.31. The predicted molar refractivity (Wildman–Crippen MR) is 103 cm³/mol. The maximum absolute atomic E-state index is 12.5. The molecule has 0 aliphatic carbocycles. The van der Waals surface area contributed by atoms with Gasteiger partial charge in [0.25, 0.3) is 0 Å². The first-order valence-corrected chi connectivity index (χ1v) is 9.05. The molecule has 3 rings (SSSR count). The quantitative estimate of drug-likeness (QED) is 0.894. The van der Waals surface area contributed by atoms with Gasteiger partial charge in [-0.3, -0.25) is 4.79 Å². The first kappa shape index (κ1) is 18.9. The molecule has 1 atom stereocenters. The fourth-order valence-corrected chi connectivity index (χ4v) is 3.35. The lowest BCUT2D eigenvalue weighted by atomic mass is 10.1. The highest BCUT2D eigenvalue weighted by Gasteiger charge is 2.36. The Bertz CT molecular complexity index is 811. The van der Waals surface area contributed by atoms with Gasteiger partial charge in [-0.2, -0.15) is 0 Å². The maximum Gasteiger partial charge on any atom is 0.321 e. The zero-order chi connectivity index (χ0) is 19.6. The number of aromatic nitrogens is 1. The van der Waals surface area contributed by atoms with Crippen LogP contribution in [0.1, 0.15) is 27.2 Å². The number of oxazole rings is 1. The third kappa shape index (κ3) is 4.48. The van der Waals surface area contributed by atoms with Gasteiger partial charge in [0.1, 0.15) is 0 Å². The number of anilines is 1. The SMILES string of the molecule is CN(CC1CC(=O)N(C(C)(C)C)C1)C(=O)Nc1cccc(-c2cnco2)c1. The van der Waals surface area contributed by atoms with Crippen molar-refractivity contribution in [2.24, 2.45) is 5.92 Å². The minimum absolute atomic E-state index is 0.146. The van der Waals surface area contributed by atoms with Crippen molar-refractivity contribution >= 4 is 17.6 Å². The van der Waals surface area contributed by atoms with Crippen molar-refractivity contribution in [3.8, 4) is 11.3 Å². The number of likely N-dealkylation sites (tertiary alicyclic amines) is 1. The van der Waals surface area contributed by atoms with E-state index in [0.29, 0.717) is 31.0 Å². The summed E-state index contributed by atoms with van der Waals surface area (Å²) in [5, 5.41) is 2.90. The maximum atomic E-state index is 12.5. The smallest absolute Gasteiger partial charge is 0.321 e. The van der Waals surface area contributed by atoms with Crippen LogP contribution in [0.3, 0.4) is 0 Å². The Morgan fingerprint density at radius 1 is 1.41 bits per heavy atom. The molecular formula is C20H26N4O3. The second-order valence-corrected chi connectivity index (χ2v) is 8.00. The number of rotatable bonds is 4. The highest BCUT2D eigenvalue weighted by atomic mass is 16.3. The number of amides is 3. The minimum Gasteiger partial charge on any atom is -0.444 e. The zero-order valence-corrected chi connectivity index (χ0v) is 16.2. The lowest BCUT2D eigenvalue weighted by molar-refractivity contribution is -0.131. The molecule has 1 aliphatic heterocycles. The summed E-state index contributed by atoms with van der Waals surface area (Å²) in [6.07, 6.45) is 3.49. The lowest BCUT2D eigenvalue weighted by Gasteiger charge is -2.32. The molecule has 0 saturated carbocycles. The van der Waals surface area contributed by atoms with E-state index in [2.05, 4.69) is 10.3 Å². The van der Waals surface area contributed by atoms with Crippen LogP contribution >= 0.6 is 0 Å². The first-order valence-electron chi connectivity index (χ1n) is 9.05. The summed E-state index contributed by atoms with van der Waals surface area (Å²) in [6, 6.07) is 7.21. The molecule has 1 N–H and O–H groups in total. The second-order valence-electron chi connectivity index (χ2n) is 8.00. The average Bonchev–Trinajstić information content (AvgIpc) is 3.24. The van der Waals surface area contributed by atoms with Crippen molar-refractivity contribution in [3.05, 3.63) is 36.9 Å². The highest BCUT2D eigenvalue weighted by Crippen LogP contribution is 2.26. The summed E-state index contributed by atoms with van der Waals surface area (Å²) >= 11 is 0. The molecule has 0 radical (unpaired) electrons. The molecular weight excluding hydrogens is 344 g/mol. The fourth-order valence-electron chi connectivity index (χ4n) is 3.35. The van der Waals surface area contributed by atoms with Gasteiger partial charge in [-0.25, -0.2) is 9.78 Å². The van der Waals surface area contributed by atoms with Gasteiger partial charge < -0.3 is 19.5 Å². The Kier molecular flexibility index (Phi) is 5.21. The molecule has 27 heavy (non-hydrogen) atoms. The van der Waals surface area contributed by atoms with E-state index < -0.39 is 0 Å². The number of carbonyl (C=O) groups excluding carboxylic acids is 2. The van der Waals surface area contributed by atoms with Crippen LogP contribution in [0.4, 0.5) is 10.5 Å². The summed E-state index contributed by atoms with van der Waals surface area (Å²) in [7, 11) is 1.75. The second kappa shape index (κ2) is 7.42. The van der Waals surface area contributed by atoms with E-state index in [1.54, 1.807) is 18.1 Å². The van der Waals surface area contributed by atoms with Gasteiger partial charge in [-0.05, 0) is 32.9 Å². The van der Waals surface area contributed by atoms with Crippen molar-refractivity contribution in [2.45, 2.75) is 32.7 Å². The monoisotopic (exact) mass is 370 g/mol. The summed E-state index contributed by atoms with van der Waals surface area (Å²) < 4.78 is 5.29. The molecule has 7 nitrogen and oxygen atoms in total. The number of carbonyl (C=O) groups is 2. The van der Waals surface area contributed by atoms with Crippen molar-refractivity contribution in [3.63, 3.8) is 0 Å². The third-order valence-electron chi connectivity index (χ3n) is 4.72. The van der Waals surface area contributed by atoms with Crippen molar-refractivity contribution in [1.29, 1.82) is 0 Å². The Morgan fingerprint density at radius 3 is 2.81 bits per heavy atom. The Labute approximate surface area is 159 Å². The van der Waals surface area contributed by atoms with Gasteiger partial charge >= 0.3 is 6.03 Å². The number of nitrogens with one attached hydrogen (secondary N) is 1. The standard InChI is InChI=1S/C20H26N4O3/c1-20(2,3)24-12-14(8-18(24)25)11-23(4)19(26)22-16-7-5-6-15(9-16)17-10-21-13-27-17/h5-7,9-10,13-14H,8,11-12H2,1-4H3,(H,22,26). The van der Waals surface area contributed by atoms with E-state index in [4.69, 9.17) is 4.42 Å². The molecule has 0 spiro atoms. The van der Waals surface area contributed by atoms with Gasteiger partial charge in [0.05, 0.1) is 6.20 Å². The lowest BCUT2D eigenvalue weighted by Crippen LogP contribution is -2.43. The molecule has 144 valence electrons. The van der Waals surface area contributed by atoms with Crippen LogP contribution < -0.4 is 5.32 Å². The van der Waals surface area contributed by atoms with Crippen LogP contribution in [0, 0.1) is 5.92 Å². The van der Waals surface area contributed by atoms with Gasteiger partial charge in [-0.1, -0.05) is 12.1 Å². The molecule has 7 heteroatoms. The van der Waals surface area contributed by atoms with E-state index in [1.807, 2.05) is 49.9 Å². The molecule has 2 heterocycles. The van der Waals surface area contributed by atoms with Crippen LogP contribution in [0.15, 0.2) is 41.3 Å². The highest BCUT2D eigenvalue weighted by molar-refractivity contribution is 5.90. The van der Waals surface area contributed by atoms with Crippen molar-refractivity contribution in [1.82, 2.24) is 14.8 Å². The average molecular weight is 370 g/mol. The van der Waals surface area contributed by atoms with Crippen molar-refractivity contribution in [2.75, 3.05) is 25.5 Å². The van der Waals surface area contributed by atoms with Crippen LogP contribution in [-0.2, 0) is 4.79 Å². The van der Waals surface area contributed by atoms with Crippen LogP contribution in [0.25, 0.3) is 11.3 Å². The summed E-state index contributed by atoms with van der Waals surface area (Å²) in [5.41, 5.74) is 1.34. The Morgan fingerprint density at radius 2 is 2.19 bits per heavy atom. The minimum atomic E-state index is -0.202. The fraction of sp³-hybridized carbons (Fsp3) is 0.450. The van der Waals surface area contributed by atoms with Gasteiger partial charge in [-0.15, -0.1) is 0 Å². The number of hydrogen-bond donors (Lipinski definition) is 1. The Balaban J connectivity index is 1.59. The molecule has 1 aromatic heterocycles. The van der Waals surface area contributed by atoms with E-state index in [0.717, 1.165) is 5.56 Å². The molecule has 1 aliphatic rings. The summed E-state index contributed by atoms with van der Waals surface area (Å²) in [4.78, 5) is 32.2. The van der Waals surface area contributed by atoms with Gasteiger partial charge in [0.2, 0.25) is 5.91 Å². The molecule has 1 fully saturated rings. The normalized spacial score (nSPS) is 17.3. The number of hydrogen-bond acceptors (Lipinski definition) is 4. The largest absolute Gasteiger partial charge is 0.444 e. The van der Waals surface area contributed by atoms with E-state index >= 15 is 0 Å². The van der Waals surface area contributed by atoms with Crippen LogP contribution in [0.2, 0.25) is 0 Å². The third-order valence-corrected chi connectivity index (χ3v) is 4.72. The van der Waals surface area contributed by atoms with Crippen LogP contribution in [0.5, 0.6) is 0 Å². The zero-order valence-electron chi connectivity index (χ0n) is 16.2.